The zero-order chi connectivity index (χ0) is 18.5. The summed E-state index contributed by atoms with van der Waals surface area (Å²) in [5, 5.41) is 2.60. The van der Waals surface area contributed by atoms with Crippen LogP contribution in [0, 0.1) is 0 Å². The minimum absolute atomic E-state index is 0.349. The number of anilines is 1. The van der Waals surface area contributed by atoms with Crippen molar-refractivity contribution in [3.63, 3.8) is 0 Å². The van der Waals surface area contributed by atoms with Crippen molar-refractivity contribution in [1.82, 2.24) is 0 Å². The molecule has 0 bridgehead atoms. The number of nitrogens with one attached hydrogen (secondary N) is 1. The predicted molar refractivity (Wildman–Crippen MR) is 97.0 cm³/mol. The van der Waals surface area contributed by atoms with Crippen molar-refractivity contribution < 1.29 is 19.1 Å². The lowest BCUT2D eigenvalue weighted by atomic mass is 9.90. The normalized spacial score (nSPS) is 12.8. The summed E-state index contributed by atoms with van der Waals surface area (Å²) in [5.41, 5.74) is 8.93. The van der Waals surface area contributed by atoms with Crippen LogP contribution in [0.1, 0.15) is 44.7 Å². The minimum atomic E-state index is -0.540. The van der Waals surface area contributed by atoms with E-state index < -0.39 is 17.8 Å². The topological polar surface area (TPSA) is 98.5 Å². The molecule has 0 aromatic heterocycles. The highest BCUT2D eigenvalue weighted by Gasteiger charge is 2.15. The molecule has 0 atom stereocenters. The molecule has 0 heterocycles. The summed E-state index contributed by atoms with van der Waals surface area (Å²) in [4.78, 5) is 35.1. The van der Waals surface area contributed by atoms with Crippen molar-refractivity contribution in [3.8, 4) is 0 Å². The SMILES string of the molecule is NC(=O)c1ccc(NC(=O)COC(=O)c2ccc3c(c2)CCCC3)cc1. The molecule has 3 rings (SSSR count). The lowest BCUT2D eigenvalue weighted by molar-refractivity contribution is -0.119. The number of rotatable bonds is 5. The Labute approximate surface area is 151 Å². The fourth-order valence-electron chi connectivity index (χ4n) is 2.99. The molecule has 6 nitrogen and oxygen atoms in total. The number of ether oxygens (including phenoxy) is 1. The van der Waals surface area contributed by atoms with E-state index in [0.29, 0.717) is 16.8 Å². The lowest BCUT2D eigenvalue weighted by Crippen LogP contribution is -2.21. The van der Waals surface area contributed by atoms with Crippen molar-refractivity contribution in [3.05, 3.63) is 64.7 Å². The van der Waals surface area contributed by atoms with Crippen molar-refractivity contribution in [1.29, 1.82) is 0 Å². The van der Waals surface area contributed by atoms with Crippen LogP contribution in [0.15, 0.2) is 42.5 Å². The molecule has 0 radical (unpaired) electrons. The van der Waals surface area contributed by atoms with Gasteiger partial charge in [-0.25, -0.2) is 4.79 Å². The number of esters is 1. The molecule has 3 N–H and O–H groups in total. The molecular formula is C20H20N2O4. The fraction of sp³-hybridized carbons (Fsp3) is 0.250. The van der Waals surface area contributed by atoms with Crippen molar-refractivity contribution in [2.45, 2.75) is 25.7 Å². The number of primary amides is 1. The maximum atomic E-state index is 12.2. The Hall–Kier alpha value is -3.15. The van der Waals surface area contributed by atoms with E-state index in [1.54, 1.807) is 18.2 Å². The van der Waals surface area contributed by atoms with Crippen LogP contribution in [0.5, 0.6) is 0 Å². The second-order valence-corrected chi connectivity index (χ2v) is 6.26. The van der Waals surface area contributed by atoms with Crippen LogP contribution in [0.2, 0.25) is 0 Å². The number of amides is 2. The molecule has 6 heteroatoms. The van der Waals surface area contributed by atoms with Crippen LogP contribution in [0.4, 0.5) is 5.69 Å². The van der Waals surface area contributed by atoms with Crippen molar-refractivity contribution in [2.75, 3.05) is 11.9 Å². The zero-order valence-electron chi connectivity index (χ0n) is 14.3. The molecule has 0 saturated heterocycles. The van der Waals surface area contributed by atoms with Crippen molar-refractivity contribution in [2.24, 2.45) is 5.73 Å². The molecule has 2 aromatic carbocycles. The Morgan fingerprint density at radius 2 is 1.58 bits per heavy atom. The third-order valence-corrected chi connectivity index (χ3v) is 4.37. The number of nitrogens with two attached hydrogens (primary N) is 1. The first kappa shape index (κ1) is 17.7. The standard InChI is InChI=1S/C20H20N2O4/c21-19(24)14-7-9-17(10-8-14)22-18(23)12-26-20(25)16-6-5-13-3-1-2-4-15(13)11-16/h5-11H,1-4,12H2,(H2,21,24)(H,22,23). The molecule has 134 valence electrons. The molecule has 1 aliphatic rings. The second kappa shape index (κ2) is 7.82. The van der Waals surface area contributed by atoms with Gasteiger partial charge in [0.2, 0.25) is 5.91 Å². The molecule has 0 aliphatic heterocycles. The number of benzene rings is 2. The zero-order valence-corrected chi connectivity index (χ0v) is 14.3. The van der Waals surface area contributed by atoms with Crippen LogP contribution >= 0.6 is 0 Å². The molecule has 2 aromatic rings. The van der Waals surface area contributed by atoms with E-state index in [-0.39, 0.29) is 6.61 Å². The molecule has 0 spiro atoms. The minimum Gasteiger partial charge on any atom is -0.452 e. The first-order chi connectivity index (χ1) is 12.5. The number of carbonyl (C=O) groups excluding carboxylic acids is 3. The number of fused-ring (bicyclic) bond motifs is 1. The number of carbonyl (C=O) groups is 3. The maximum absolute atomic E-state index is 12.2. The summed E-state index contributed by atoms with van der Waals surface area (Å²) in [6.45, 7) is -0.381. The summed E-state index contributed by atoms with van der Waals surface area (Å²) < 4.78 is 5.09. The van der Waals surface area contributed by atoms with Gasteiger partial charge in [-0.3, -0.25) is 9.59 Å². The third-order valence-electron chi connectivity index (χ3n) is 4.37. The Morgan fingerprint density at radius 3 is 2.27 bits per heavy atom. The van der Waals surface area contributed by atoms with Crippen LogP contribution in [-0.2, 0) is 22.4 Å². The van der Waals surface area contributed by atoms with Gasteiger partial charge in [0.15, 0.2) is 6.61 Å². The first-order valence-corrected chi connectivity index (χ1v) is 8.51. The van der Waals surface area contributed by atoms with Crippen LogP contribution in [-0.4, -0.2) is 24.4 Å². The van der Waals surface area contributed by atoms with E-state index >= 15 is 0 Å². The molecule has 1 aliphatic carbocycles. The van der Waals surface area contributed by atoms with Crippen LogP contribution in [0.3, 0.4) is 0 Å². The van der Waals surface area contributed by atoms with Gasteiger partial charge in [0, 0.05) is 11.3 Å². The smallest absolute Gasteiger partial charge is 0.338 e. The lowest BCUT2D eigenvalue weighted by Gasteiger charge is -2.16. The Kier molecular flexibility index (Phi) is 5.31. The summed E-state index contributed by atoms with van der Waals surface area (Å²) >= 11 is 0. The molecule has 0 unspecified atom stereocenters. The van der Waals surface area contributed by atoms with Gasteiger partial charge in [0.1, 0.15) is 0 Å². The summed E-state index contributed by atoms with van der Waals surface area (Å²) in [6, 6.07) is 11.7. The summed E-state index contributed by atoms with van der Waals surface area (Å²) in [6.07, 6.45) is 4.32. The molecule has 2 amide bonds. The maximum Gasteiger partial charge on any atom is 0.338 e. The van der Waals surface area contributed by atoms with Crippen molar-refractivity contribution >= 4 is 23.5 Å². The Bertz CT molecular complexity index is 843. The number of hydrogen-bond donors (Lipinski definition) is 2. The van der Waals surface area contributed by atoms with Crippen LogP contribution in [0.25, 0.3) is 0 Å². The van der Waals surface area contributed by atoms with E-state index in [9.17, 15) is 14.4 Å². The number of hydrogen-bond acceptors (Lipinski definition) is 4. The average Bonchev–Trinajstić information content (AvgIpc) is 2.66. The highest BCUT2D eigenvalue weighted by molar-refractivity contribution is 5.96. The van der Waals surface area contributed by atoms with Gasteiger partial charge in [-0.05, 0) is 73.2 Å². The first-order valence-electron chi connectivity index (χ1n) is 8.51. The van der Waals surface area contributed by atoms with Gasteiger partial charge in [0.25, 0.3) is 5.91 Å². The fourth-order valence-corrected chi connectivity index (χ4v) is 2.99. The third kappa shape index (κ3) is 4.27. The predicted octanol–water partition coefficient (Wildman–Crippen LogP) is 2.46. The van der Waals surface area contributed by atoms with E-state index in [1.807, 2.05) is 12.1 Å². The largest absolute Gasteiger partial charge is 0.452 e. The van der Waals surface area contributed by atoms with Gasteiger partial charge in [0.05, 0.1) is 5.56 Å². The molecule has 0 saturated carbocycles. The Balaban J connectivity index is 1.54. The van der Waals surface area contributed by atoms with Gasteiger partial charge in [-0.1, -0.05) is 6.07 Å². The summed E-state index contributed by atoms with van der Waals surface area (Å²) in [7, 11) is 0. The van der Waals surface area contributed by atoms with E-state index in [0.717, 1.165) is 19.3 Å². The van der Waals surface area contributed by atoms with Gasteiger partial charge >= 0.3 is 5.97 Å². The van der Waals surface area contributed by atoms with Gasteiger partial charge in [-0.2, -0.15) is 0 Å². The molecule has 0 fully saturated rings. The highest BCUT2D eigenvalue weighted by atomic mass is 16.5. The van der Waals surface area contributed by atoms with Crippen LogP contribution < -0.4 is 11.1 Å². The van der Waals surface area contributed by atoms with Gasteiger partial charge in [-0.15, -0.1) is 0 Å². The average molecular weight is 352 g/mol. The monoisotopic (exact) mass is 352 g/mol. The quantitative estimate of drug-likeness (QED) is 0.808. The van der Waals surface area contributed by atoms with E-state index in [4.69, 9.17) is 10.5 Å². The highest BCUT2D eigenvalue weighted by Crippen LogP contribution is 2.22. The molecule has 26 heavy (non-hydrogen) atoms. The summed E-state index contributed by atoms with van der Waals surface area (Å²) in [5.74, 6) is -1.51. The Morgan fingerprint density at radius 1 is 0.923 bits per heavy atom. The second-order valence-electron chi connectivity index (χ2n) is 6.26. The number of aryl methyl sites for hydroxylation is 2. The molecular weight excluding hydrogens is 332 g/mol. The van der Waals surface area contributed by atoms with E-state index in [2.05, 4.69) is 5.32 Å². The van der Waals surface area contributed by atoms with E-state index in [1.165, 1.54) is 29.7 Å². The van der Waals surface area contributed by atoms with Gasteiger partial charge < -0.3 is 15.8 Å².